The molecule has 0 saturated carbocycles. The smallest absolute Gasteiger partial charge is 0.242 e. The van der Waals surface area contributed by atoms with Gasteiger partial charge < -0.3 is 4.57 Å². The van der Waals surface area contributed by atoms with E-state index in [0.29, 0.717) is 29.3 Å². The van der Waals surface area contributed by atoms with Gasteiger partial charge in [0.05, 0.1) is 55.2 Å². The molecule has 0 saturated heterocycles. The van der Waals surface area contributed by atoms with Crippen molar-refractivity contribution in [2.75, 3.05) is 0 Å². The lowest BCUT2D eigenvalue weighted by Gasteiger charge is -2.34. The van der Waals surface area contributed by atoms with Crippen molar-refractivity contribution in [1.82, 2.24) is 47.4 Å². The van der Waals surface area contributed by atoms with E-state index in [1.165, 1.54) is 93.8 Å². The highest BCUT2D eigenvalue weighted by Crippen LogP contribution is 2.37. The summed E-state index contributed by atoms with van der Waals surface area (Å²) in [5.74, 6) is 2.46. The molecular formula is C119H84N10Si4. The number of imidazole rings is 4. The van der Waals surface area contributed by atoms with Crippen molar-refractivity contribution in [2.45, 2.75) is 0 Å². The molecular weight excluding hydrogens is 1680 g/mol. The van der Waals surface area contributed by atoms with E-state index in [1.54, 1.807) is 0 Å². The summed E-state index contributed by atoms with van der Waals surface area (Å²) >= 11 is 0. The lowest BCUT2D eigenvalue weighted by Crippen LogP contribution is -2.74. The summed E-state index contributed by atoms with van der Waals surface area (Å²) in [6.45, 7) is 0. The average molecular weight is 1770 g/mol. The van der Waals surface area contributed by atoms with Crippen LogP contribution in [0.2, 0.25) is 0 Å². The Morgan fingerprint density at radius 2 is 0.406 bits per heavy atom. The molecule has 6 aromatic heterocycles. The van der Waals surface area contributed by atoms with Gasteiger partial charge in [0.1, 0.15) is 0 Å². The third-order valence-corrected chi connectivity index (χ3v) is 46.9. The Kier molecular flexibility index (Phi) is 19.1. The number of rotatable bonds is 20. The van der Waals surface area contributed by atoms with Gasteiger partial charge in [0.15, 0.2) is 38.1 Å². The minimum Gasteiger partial charge on any atom is -0.309 e. The predicted octanol–water partition coefficient (Wildman–Crippen LogP) is 15.6. The fourth-order valence-corrected chi connectivity index (χ4v) is 41.2. The molecule has 25 aromatic rings. The number of hydrogen-bond donors (Lipinski definition) is 0. The zero-order chi connectivity index (χ0) is 88.0. The highest BCUT2D eigenvalue weighted by Gasteiger charge is 2.47. The molecule has 0 spiro atoms. The standard InChI is InChI=1S/C119H84N10Si4/c1-13-44-87(45-14-1)130(88-46-15-2-16-47-88,89-48-17-3-18-49-89)99-72-76-105-111(81-99)126-113-83-101(132(93-56-25-7-26-57-93,94-58-27-8-28-59-94)95-60-29-9-30-61-95)74-78-109(113)128(118(126)120-105)116-122-115(85-42-41-43-86(80-85)125-107-70-39-37-68-103(107)104-69-38-40-71-108(104)125)123-117(124-116)129-110-79-75-102(133(96-62-31-10-32-63-96,97-64-33-11-34-65-97)98-66-35-12-36-67-98)84-114(110)127-112-82-100(73-77-106(112)121-119(127)129)131(90-50-19-4-20-51-90,91-52-21-5-22-53-91)92-54-23-6-24-55-92/h1-84H. The van der Waals surface area contributed by atoms with Gasteiger partial charge in [0.2, 0.25) is 23.5 Å². The van der Waals surface area contributed by atoms with Crippen LogP contribution in [0.1, 0.15) is 0 Å². The normalized spacial score (nSPS) is 12.2. The van der Waals surface area contributed by atoms with Crippen LogP contribution >= 0.6 is 0 Å². The molecule has 10 nitrogen and oxygen atoms in total. The van der Waals surface area contributed by atoms with E-state index in [2.05, 4.69) is 532 Å². The van der Waals surface area contributed by atoms with Crippen LogP contribution in [0.15, 0.2) is 510 Å². The van der Waals surface area contributed by atoms with Crippen molar-refractivity contribution in [1.29, 1.82) is 0 Å². The van der Waals surface area contributed by atoms with E-state index in [0.717, 1.165) is 66.4 Å². The molecule has 0 unspecified atom stereocenters. The lowest BCUT2D eigenvalue weighted by atomic mass is 10.2. The highest BCUT2D eigenvalue weighted by atomic mass is 28.3. The molecule has 6 heterocycles. The van der Waals surface area contributed by atoms with E-state index in [9.17, 15) is 0 Å². The second-order valence-corrected chi connectivity index (χ2v) is 49.8. The fourth-order valence-electron chi connectivity index (χ4n) is 22.2. The van der Waals surface area contributed by atoms with Gasteiger partial charge in [-0.15, -0.1) is 0 Å². The van der Waals surface area contributed by atoms with Gasteiger partial charge in [-0.25, -0.2) is 19.1 Å². The Morgan fingerprint density at radius 3 is 0.684 bits per heavy atom. The molecule has 14 heteroatoms. The first-order valence-corrected chi connectivity index (χ1v) is 53.4. The molecule has 0 amide bonds. The molecule has 0 aliphatic heterocycles. The summed E-state index contributed by atoms with van der Waals surface area (Å²) in [5, 5.41) is 22.4. The van der Waals surface area contributed by atoms with Crippen LogP contribution in [0, 0.1) is 0 Å². The van der Waals surface area contributed by atoms with Gasteiger partial charge in [0.25, 0.3) is 0 Å². The summed E-state index contributed by atoms with van der Waals surface area (Å²) in [4.78, 5) is 30.1. The van der Waals surface area contributed by atoms with Crippen LogP contribution in [-0.2, 0) is 0 Å². The topological polar surface area (TPSA) is 88.1 Å². The first-order valence-electron chi connectivity index (χ1n) is 45.4. The molecule has 0 bridgehead atoms. The van der Waals surface area contributed by atoms with Crippen molar-refractivity contribution in [2.24, 2.45) is 0 Å². The number of aromatic nitrogens is 10. The van der Waals surface area contributed by atoms with E-state index in [1.807, 2.05) is 0 Å². The molecule has 0 atom stereocenters. The van der Waals surface area contributed by atoms with Crippen molar-refractivity contribution in [3.63, 3.8) is 0 Å². The van der Waals surface area contributed by atoms with E-state index < -0.39 is 32.3 Å². The van der Waals surface area contributed by atoms with Gasteiger partial charge in [-0.05, 0) is 156 Å². The van der Waals surface area contributed by atoms with Crippen molar-refractivity contribution in [3.8, 4) is 29.0 Å². The van der Waals surface area contributed by atoms with Crippen molar-refractivity contribution < 1.29 is 0 Å². The number of benzene rings is 19. The number of hydrogen-bond acceptors (Lipinski definition) is 5. The number of fused-ring (bicyclic) bond motifs is 13. The Labute approximate surface area is 773 Å². The zero-order valence-electron chi connectivity index (χ0n) is 72.5. The summed E-state index contributed by atoms with van der Waals surface area (Å²) in [6.07, 6.45) is 0. The van der Waals surface area contributed by atoms with Crippen LogP contribution in [0.25, 0.3) is 106 Å². The molecule has 0 aliphatic rings. The largest absolute Gasteiger partial charge is 0.309 e. The van der Waals surface area contributed by atoms with Crippen LogP contribution < -0.4 is 83.0 Å². The van der Waals surface area contributed by atoms with Crippen LogP contribution in [-0.4, -0.2) is 79.7 Å². The Hall–Kier alpha value is -16.6. The zero-order valence-corrected chi connectivity index (χ0v) is 76.5. The summed E-state index contributed by atoms with van der Waals surface area (Å²) in [5.41, 5.74) is 11.1. The first kappa shape index (κ1) is 78.6. The predicted molar refractivity (Wildman–Crippen MR) is 560 cm³/mol. The molecule has 133 heavy (non-hydrogen) atoms. The fraction of sp³-hybridized carbons (Fsp3) is 0. The molecule has 0 radical (unpaired) electrons. The van der Waals surface area contributed by atoms with Gasteiger partial charge in [0, 0.05) is 22.0 Å². The van der Waals surface area contributed by atoms with Gasteiger partial charge in [-0.1, -0.05) is 437 Å². The Morgan fingerprint density at radius 1 is 0.158 bits per heavy atom. The SMILES string of the molecule is c1ccc([Si](c2ccccc2)(c2ccccc2)c2ccc3nc4n(-c5nc(-c6cccc(-n7c8ccccc8c8ccccc87)c6)nc(-n6c7ccc([Si](c8ccccc8)(c8ccccc8)c8ccccc8)cc7n7c8cc([Si](c9ccccc9)(c9ccccc9)c9ccccc9)ccc8nc67)n5)c5ccc([Si](c6ccccc6)(c6ccccc6)c6ccccc6)cc5n4c3c2)cc1. The van der Waals surface area contributed by atoms with E-state index in [-0.39, 0.29) is 0 Å². The summed E-state index contributed by atoms with van der Waals surface area (Å²) < 4.78 is 11.6. The monoisotopic (exact) mass is 1760 g/mol. The van der Waals surface area contributed by atoms with E-state index >= 15 is 0 Å². The summed E-state index contributed by atoms with van der Waals surface area (Å²) in [6, 6.07) is 189. The Bertz CT molecular complexity index is 7800. The molecule has 19 aromatic carbocycles. The third-order valence-electron chi connectivity index (χ3n) is 27.8. The second kappa shape index (κ2) is 32.2. The second-order valence-electron chi connectivity index (χ2n) is 34.6. The molecule has 0 fully saturated rings. The lowest BCUT2D eigenvalue weighted by molar-refractivity contribution is 0.877. The van der Waals surface area contributed by atoms with Crippen LogP contribution in [0.4, 0.5) is 0 Å². The quantitative estimate of drug-likeness (QED) is 0.0560. The maximum Gasteiger partial charge on any atom is 0.242 e. The van der Waals surface area contributed by atoms with Crippen molar-refractivity contribution in [3.05, 3.63) is 510 Å². The molecule has 0 aliphatic carbocycles. The molecule has 25 rings (SSSR count). The molecule has 626 valence electrons. The molecule has 0 N–H and O–H groups in total. The maximum absolute atomic E-state index is 6.14. The highest BCUT2D eigenvalue weighted by molar-refractivity contribution is 7.22. The third kappa shape index (κ3) is 12.3. The van der Waals surface area contributed by atoms with Crippen LogP contribution in [0.5, 0.6) is 0 Å². The van der Waals surface area contributed by atoms with Gasteiger partial charge in [-0.2, -0.15) is 15.0 Å². The summed E-state index contributed by atoms with van der Waals surface area (Å²) in [7, 11) is -12.9. The number of nitrogens with zero attached hydrogens (tertiary/aromatic N) is 10. The van der Waals surface area contributed by atoms with Gasteiger partial charge in [-0.3, -0.25) is 8.80 Å². The minimum atomic E-state index is -3.25. The van der Waals surface area contributed by atoms with E-state index in [4.69, 9.17) is 24.9 Å². The maximum atomic E-state index is 6.14. The minimum absolute atomic E-state index is 0.368. The van der Waals surface area contributed by atoms with Crippen molar-refractivity contribution >= 4 is 193 Å². The number of para-hydroxylation sites is 2. The Balaban J connectivity index is 0.822. The van der Waals surface area contributed by atoms with Crippen LogP contribution in [0.3, 0.4) is 0 Å². The first-order chi connectivity index (χ1) is 66.0. The van der Waals surface area contributed by atoms with Gasteiger partial charge >= 0.3 is 0 Å². The average Bonchev–Trinajstić information content (AvgIpc) is 1.65.